The van der Waals surface area contributed by atoms with Gasteiger partial charge >= 0.3 is 0 Å². The second kappa shape index (κ2) is 7.99. The zero-order chi connectivity index (χ0) is 15.8. The van der Waals surface area contributed by atoms with Gasteiger partial charge in [0.25, 0.3) is 0 Å². The summed E-state index contributed by atoms with van der Waals surface area (Å²) in [5.74, 6) is 1.01. The molecule has 0 aliphatic rings. The molecule has 2 aromatic rings. The number of phenolic OH excluding ortho intramolecular Hbond substituents is 1. The summed E-state index contributed by atoms with van der Waals surface area (Å²) in [5.41, 5.74) is 4.33. The lowest BCUT2D eigenvalue weighted by atomic mass is 10.2. The van der Waals surface area contributed by atoms with Crippen LogP contribution in [0.3, 0.4) is 0 Å². The summed E-state index contributed by atoms with van der Waals surface area (Å²) >= 11 is 5.14. The number of hydrazone groups is 1. The number of benzene rings is 2. The Morgan fingerprint density at radius 1 is 1.27 bits per heavy atom. The van der Waals surface area contributed by atoms with Crippen molar-refractivity contribution in [2.75, 3.05) is 11.9 Å². The molecule has 0 saturated heterocycles. The highest BCUT2D eigenvalue weighted by atomic mass is 32.1. The Morgan fingerprint density at radius 2 is 2.05 bits per heavy atom. The molecule has 0 heterocycles. The molecule has 0 spiro atoms. The number of hydrogen-bond donors (Lipinski definition) is 3. The molecule has 0 amide bonds. The Morgan fingerprint density at radius 3 is 2.73 bits per heavy atom. The molecule has 114 valence electrons. The number of hydrogen-bond acceptors (Lipinski definition) is 4. The average Bonchev–Trinajstić information content (AvgIpc) is 2.50. The molecule has 0 bridgehead atoms. The second-order valence-electron chi connectivity index (χ2n) is 4.38. The first-order valence-electron chi connectivity index (χ1n) is 6.79. The zero-order valence-corrected chi connectivity index (χ0v) is 12.9. The second-order valence-corrected chi connectivity index (χ2v) is 4.78. The van der Waals surface area contributed by atoms with Crippen molar-refractivity contribution < 1.29 is 9.84 Å². The predicted octanol–water partition coefficient (Wildman–Crippen LogP) is 3.11. The minimum Gasteiger partial charge on any atom is -0.508 e. The van der Waals surface area contributed by atoms with Crippen molar-refractivity contribution in [1.82, 2.24) is 5.43 Å². The van der Waals surface area contributed by atoms with Gasteiger partial charge in [-0.25, -0.2) is 0 Å². The van der Waals surface area contributed by atoms with E-state index in [-0.39, 0.29) is 5.75 Å². The lowest BCUT2D eigenvalue weighted by Gasteiger charge is -2.08. The molecule has 2 aromatic carbocycles. The van der Waals surface area contributed by atoms with Crippen molar-refractivity contribution in [2.45, 2.75) is 6.92 Å². The molecule has 0 unspecified atom stereocenters. The molecule has 0 aromatic heterocycles. The van der Waals surface area contributed by atoms with E-state index in [0.717, 1.165) is 17.0 Å². The van der Waals surface area contributed by atoms with Crippen LogP contribution in [0.1, 0.15) is 12.5 Å². The van der Waals surface area contributed by atoms with Crippen LogP contribution in [0.15, 0.2) is 53.6 Å². The molecule has 0 saturated carbocycles. The number of nitrogens with one attached hydrogen (secondary N) is 2. The number of rotatable bonds is 5. The molecular weight excluding hydrogens is 298 g/mol. The van der Waals surface area contributed by atoms with Gasteiger partial charge in [0.15, 0.2) is 5.11 Å². The van der Waals surface area contributed by atoms with E-state index in [4.69, 9.17) is 17.0 Å². The standard InChI is InChI=1S/C16H17N3O2S/c1-2-21-15-8-6-13(7-9-15)18-16(22)19-17-11-12-4-3-5-14(20)10-12/h3-11,20H,2H2,1H3,(H2,18,19,22)/b17-11-. The Balaban J connectivity index is 1.85. The minimum atomic E-state index is 0.194. The van der Waals surface area contributed by atoms with E-state index in [1.807, 2.05) is 37.3 Å². The zero-order valence-electron chi connectivity index (χ0n) is 12.1. The molecule has 0 atom stereocenters. The summed E-state index contributed by atoms with van der Waals surface area (Å²) in [7, 11) is 0. The molecule has 0 fully saturated rings. The van der Waals surface area contributed by atoms with Crippen LogP contribution in [0.4, 0.5) is 5.69 Å². The van der Waals surface area contributed by atoms with Crippen molar-refractivity contribution in [3.05, 3.63) is 54.1 Å². The van der Waals surface area contributed by atoms with Crippen LogP contribution in [0.25, 0.3) is 0 Å². The smallest absolute Gasteiger partial charge is 0.191 e. The first-order chi connectivity index (χ1) is 10.7. The normalized spacial score (nSPS) is 10.4. The van der Waals surface area contributed by atoms with Crippen LogP contribution in [-0.4, -0.2) is 23.0 Å². The topological polar surface area (TPSA) is 65.9 Å². The number of thiocarbonyl (C=S) groups is 1. The van der Waals surface area contributed by atoms with Crippen LogP contribution in [0.2, 0.25) is 0 Å². The van der Waals surface area contributed by atoms with Crippen molar-refractivity contribution in [2.24, 2.45) is 5.10 Å². The first kappa shape index (κ1) is 15.8. The number of anilines is 1. The van der Waals surface area contributed by atoms with E-state index < -0.39 is 0 Å². The van der Waals surface area contributed by atoms with E-state index in [9.17, 15) is 5.11 Å². The number of phenols is 1. The number of aromatic hydroxyl groups is 1. The average molecular weight is 315 g/mol. The van der Waals surface area contributed by atoms with Gasteiger partial charge in [-0.15, -0.1) is 0 Å². The quantitative estimate of drug-likeness (QED) is 0.449. The van der Waals surface area contributed by atoms with E-state index in [1.165, 1.54) is 0 Å². The number of ether oxygens (including phenoxy) is 1. The molecule has 5 nitrogen and oxygen atoms in total. The van der Waals surface area contributed by atoms with Crippen LogP contribution < -0.4 is 15.5 Å². The van der Waals surface area contributed by atoms with Crippen LogP contribution in [0.5, 0.6) is 11.5 Å². The van der Waals surface area contributed by atoms with Gasteiger partial charge in [-0.1, -0.05) is 12.1 Å². The van der Waals surface area contributed by atoms with E-state index in [2.05, 4.69) is 15.8 Å². The Hall–Kier alpha value is -2.60. The molecule has 0 aliphatic heterocycles. The highest BCUT2D eigenvalue weighted by Gasteiger charge is 1.97. The maximum Gasteiger partial charge on any atom is 0.191 e. The third-order valence-corrected chi connectivity index (χ3v) is 2.87. The van der Waals surface area contributed by atoms with E-state index in [1.54, 1.807) is 24.4 Å². The van der Waals surface area contributed by atoms with Gasteiger partial charge in [-0.05, 0) is 61.1 Å². The summed E-state index contributed by atoms with van der Waals surface area (Å²) in [5, 5.41) is 16.7. The fourth-order valence-corrected chi connectivity index (χ4v) is 1.90. The summed E-state index contributed by atoms with van der Waals surface area (Å²) in [6, 6.07) is 14.3. The molecule has 6 heteroatoms. The predicted molar refractivity (Wildman–Crippen MR) is 92.7 cm³/mol. The van der Waals surface area contributed by atoms with Crippen LogP contribution in [0, 0.1) is 0 Å². The van der Waals surface area contributed by atoms with Gasteiger partial charge < -0.3 is 15.2 Å². The SMILES string of the molecule is CCOc1ccc(NC(=S)N/N=C\c2cccc(O)c2)cc1. The van der Waals surface area contributed by atoms with Gasteiger partial charge in [0.1, 0.15) is 11.5 Å². The van der Waals surface area contributed by atoms with Gasteiger partial charge in [-0.2, -0.15) is 5.10 Å². The fourth-order valence-electron chi connectivity index (χ4n) is 1.73. The highest BCUT2D eigenvalue weighted by molar-refractivity contribution is 7.80. The van der Waals surface area contributed by atoms with Crippen molar-refractivity contribution in [3.8, 4) is 11.5 Å². The summed E-state index contributed by atoms with van der Waals surface area (Å²) < 4.78 is 5.37. The summed E-state index contributed by atoms with van der Waals surface area (Å²) in [4.78, 5) is 0. The van der Waals surface area contributed by atoms with Crippen molar-refractivity contribution in [1.29, 1.82) is 0 Å². The maximum absolute atomic E-state index is 9.35. The third-order valence-electron chi connectivity index (χ3n) is 2.67. The Bertz CT molecular complexity index is 657. The maximum atomic E-state index is 9.35. The molecule has 0 aliphatic carbocycles. The van der Waals surface area contributed by atoms with Crippen molar-refractivity contribution >= 4 is 29.2 Å². The largest absolute Gasteiger partial charge is 0.508 e. The number of nitrogens with zero attached hydrogens (tertiary/aromatic N) is 1. The molecule has 2 rings (SSSR count). The Labute approximate surface area is 134 Å². The van der Waals surface area contributed by atoms with Gasteiger partial charge in [0.05, 0.1) is 12.8 Å². The molecule has 0 radical (unpaired) electrons. The lowest BCUT2D eigenvalue weighted by molar-refractivity contribution is 0.340. The van der Waals surface area contributed by atoms with Crippen LogP contribution >= 0.6 is 12.2 Å². The highest BCUT2D eigenvalue weighted by Crippen LogP contribution is 2.15. The molecule has 3 N–H and O–H groups in total. The first-order valence-corrected chi connectivity index (χ1v) is 7.20. The van der Waals surface area contributed by atoms with E-state index in [0.29, 0.717) is 11.7 Å². The molecular formula is C16H17N3O2S. The van der Waals surface area contributed by atoms with E-state index >= 15 is 0 Å². The summed E-state index contributed by atoms with van der Waals surface area (Å²) in [6.07, 6.45) is 1.58. The third kappa shape index (κ3) is 5.06. The summed E-state index contributed by atoms with van der Waals surface area (Å²) in [6.45, 7) is 2.58. The van der Waals surface area contributed by atoms with Gasteiger partial charge in [0, 0.05) is 5.69 Å². The lowest BCUT2D eigenvalue weighted by Crippen LogP contribution is -2.23. The van der Waals surface area contributed by atoms with Crippen molar-refractivity contribution in [3.63, 3.8) is 0 Å². The monoisotopic (exact) mass is 315 g/mol. The van der Waals surface area contributed by atoms with Crippen LogP contribution in [-0.2, 0) is 0 Å². The molecule has 22 heavy (non-hydrogen) atoms. The van der Waals surface area contributed by atoms with Gasteiger partial charge in [0.2, 0.25) is 0 Å². The minimum absolute atomic E-state index is 0.194. The van der Waals surface area contributed by atoms with Gasteiger partial charge in [-0.3, -0.25) is 5.43 Å². The fraction of sp³-hybridized carbons (Fsp3) is 0.125. The Kier molecular flexibility index (Phi) is 5.73.